The standard InChI is InChI=1S/C17H20OSi/c1-19(2,3)11-10-16-17(18-16)15-9-8-13-6-4-5-7-14(13)12-15/h4-12,16-17H,1-3H3/b11-10+/t16-,17-/m0/s1. The third kappa shape index (κ3) is 2.96. The van der Waals surface area contributed by atoms with Gasteiger partial charge in [-0.15, -0.1) is 0 Å². The van der Waals surface area contributed by atoms with Gasteiger partial charge in [-0.1, -0.05) is 67.8 Å². The zero-order chi connectivity index (χ0) is 13.5. The molecule has 2 aromatic rings. The molecular formula is C17H20OSi. The average Bonchev–Trinajstić information content (AvgIpc) is 3.14. The summed E-state index contributed by atoms with van der Waals surface area (Å²) in [4.78, 5) is 0. The first-order valence-electron chi connectivity index (χ1n) is 6.86. The molecular weight excluding hydrogens is 248 g/mol. The lowest BCUT2D eigenvalue weighted by atomic mass is 10.0. The number of hydrogen-bond acceptors (Lipinski definition) is 1. The van der Waals surface area contributed by atoms with E-state index in [2.05, 4.69) is 73.9 Å². The van der Waals surface area contributed by atoms with Crippen LogP contribution in [0, 0.1) is 0 Å². The minimum Gasteiger partial charge on any atom is -0.360 e. The van der Waals surface area contributed by atoms with Gasteiger partial charge in [0, 0.05) is 0 Å². The Morgan fingerprint density at radius 2 is 1.74 bits per heavy atom. The predicted octanol–water partition coefficient (Wildman–Crippen LogP) is 4.71. The molecule has 0 aliphatic carbocycles. The minimum atomic E-state index is -1.11. The van der Waals surface area contributed by atoms with E-state index in [1.807, 2.05) is 0 Å². The van der Waals surface area contributed by atoms with Crippen LogP contribution in [0.4, 0.5) is 0 Å². The highest BCUT2D eigenvalue weighted by Gasteiger charge is 2.38. The van der Waals surface area contributed by atoms with Crippen molar-refractivity contribution in [3.8, 4) is 0 Å². The third-order valence-electron chi connectivity index (χ3n) is 3.41. The fraction of sp³-hybridized carbons (Fsp3) is 0.294. The molecule has 0 bridgehead atoms. The Kier molecular flexibility index (Phi) is 3.07. The van der Waals surface area contributed by atoms with Gasteiger partial charge >= 0.3 is 0 Å². The monoisotopic (exact) mass is 268 g/mol. The molecule has 98 valence electrons. The van der Waals surface area contributed by atoms with Gasteiger partial charge in [0.1, 0.15) is 12.2 Å². The number of fused-ring (bicyclic) bond motifs is 1. The van der Waals surface area contributed by atoms with Crippen molar-refractivity contribution in [3.63, 3.8) is 0 Å². The molecule has 1 aliphatic heterocycles. The zero-order valence-corrected chi connectivity index (χ0v) is 12.8. The molecule has 0 spiro atoms. The molecule has 0 amide bonds. The highest BCUT2D eigenvalue weighted by molar-refractivity contribution is 6.80. The number of ether oxygens (including phenoxy) is 1. The van der Waals surface area contributed by atoms with Gasteiger partial charge in [0.2, 0.25) is 0 Å². The van der Waals surface area contributed by atoms with Crippen LogP contribution < -0.4 is 0 Å². The number of benzene rings is 2. The van der Waals surface area contributed by atoms with Crippen LogP contribution in [0.5, 0.6) is 0 Å². The molecule has 1 nitrogen and oxygen atoms in total. The smallest absolute Gasteiger partial charge is 0.113 e. The molecule has 19 heavy (non-hydrogen) atoms. The molecule has 1 fully saturated rings. The molecule has 0 N–H and O–H groups in total. The lowest BCUT2D eigenvalue weighted by Gasteiger charge is -2.07. The highest BCUT2D eigenvalue weighted by atomic mass is 28.3. The molecule has 1 heterocycles. The topological polar surface area (TPSA) is 12.5 Å². The molecule has 0 saturated carbocycles. The predicted molar refractivity (Wildman–Crippen MR) is 84.0 cm³/mol. The molecule has 0 unspecified atom stereocenters. The van der Waals surface area contributed by atoms with Crippen LogP contribution in [0.1, 0.15) is 11.7 Å². The first kappa shape index (κ1) is 12.6. The van der Waals surface area contributed by atoms with Crippen LogP contribution in [-0.2, 0) is 4.74 Å². The summed E-state index contributed by atoms with van der Waals surface area (Å²) in [5.74, 6) is 0. The van der Waals surface area contributed by atoms with Gasteiger partial charge in [0.25, 0.3) is 0 Å². The molecule has 2 aromatic carbocycles. The quantitative estimate of drug-likeness (QED) is 0.580. The van der Waals surface area contributed by atoms with Gasteiger partial charge in [0.05, 0.1) is 8.07 Å². The van der Waals surface area contributed by atoms with Gasteiger partial charge in [-0.25, -0.2) is 0 Å². The Balaban J connectivity index is 1.78. The Labute approximate surface area is 115 Å². The summed E-state index contributed by atoms with van der Waals surface area (Å²) >= 11 is 0. The van der Waals surface area contributed by atoms with Gasteiger partial charge in [-0.3, -0.25) is 0 Å². The van der Waals surface area contributed by atoms with Crippen LogP contribution >= 0.6 is 0 Å². The lowest BCUT2D eigenvalue weighted by Crippen LogP contribution is -2.15. The fourth-order valence-corrected chi connectivity index (χ4v) is 3.07. The van der Waals surface area contributed by atoms with E-state index in [1.54, 1.807) is 0 Å². The van der Waals surface area contributed by atoms with Crippen molar-refractivity contribution >= 4 is 18.8 Å². The third-order valence-corrected chi connectivity index (χ3v) is 4.61. The Morgan fingerprint density at radius 3 is 2.47 bits per heavy atom. The van der Waals surface area contributed by atoms with E-state index in [-0.39, 0.29) is 12.2 Å². The Morgan fingerprint density at radius 1 is 1.00 bits per heavy atom. The highest BCUT2D eigenvalue weighted by Crippen LogP contribution is 2.40. The zero-order valence-electron chi connectivity index (χ0n) is 11.8. The van der Waals surface area contributed by atoms with Crippen molar-refractivity contribution in [3.05, 3.63) is 59.8 Å². The SMILES string of the molecule is C[Si](C)(C)/C=C/[C@@H]1O[C@H]1c1ccc2ccccc2c1. The second-order valence-corrected chi connectivity index (χ2v) is 11.4. The van der Waals surface area contributed by atoms with Crippen LogP contribution in [0.25, 0.3) is 10.8 Å². The minimum absolute atomic E-state index is 0.261. The maximum Gasteiger partial charge on any atom is 0.113 e. The van der Waals surface area contributed by atoms with E-state index in [0.29, 0.717) is 0 Å². The fourth-order valence-electron chi connectivity index (χ4n) is 2.31. The van der Waals surface area contributed by atoms with E-state index < -0.39 is 8.07 Å². The van der Waals surface area contributed by atoms with E-state index in [4.69, 9.17) is 4.74 Å². The maximum atomic E-state index is 5.78. The molecule has 1 saturated heterocycles. The molecule has 2 heteroatoms. The van der Waals surface area contributed by atoms with Gasteiger partial charge < -0.3 is 4.74 Å². The van der Waals surface area contributed by atoms with E-state index in [1.165, 1.54) is 16.3 Å². The number of rotatable bonds is 3. The lowest BCUT2D eigenvalue weighted by molar-refractivity contribution is 0.394. The molecule has 0 aromatic heterocycles. The summed E-state index contributed by atoms with van der Waals surface area (Å²) in [5.41, 5.74) is 3.67. The van der Waals surface area contributed by atoms with Crippen LogP contribution in [-0.4, -0.2) is 14.2 Å². The van der Waals surface area contributed by atoms with Crippen molar-refractivity contribution in [2.45, 2.75) is 31.8 Å². The van der Waals surface area contributed by atoms with Crippen molar-refractivity contribution in [1.29, 1.82) is 0 Å². The van der Waals surface area contributed by atoms with Gasteiger partial charge in [-0.05, 0) is 22.4 Å². The normalized spacial score (nSPS) is 23.1. The summed E-state index contributed by atoms with van der Waals surface area (Å²) < 4.78 is 5.78. The van der Waals surface area contributed by atoms with E-state index in [9.17, 15) is 0 Å². The maximum absolute atomic E-state index is 5.78. The number of epoxide rings is 1. The Bertz CT molecular complexity index is 624. The summed E-state index contributed by atoms with van der Waals surface area (Å²) in [6.07, 6.45) is 2.80. The number of hydrogen-bond donors (Lipinski definition) is 0. The molecule has 0 radical (unpaired) electrons. The van der Waals surface area contributed by atoms with Gasteiger partial charge in [-0.2, -0.15) is 0 Å². The Hall–Kier alpha value is -1.38. The largest absolute Gasteiger partial charge is 0.360 e. The average molecular weight is 268 g/mol. The summed E-state index contributed by atoms with van der Waals surface area (Å²) in [6.45, 7) is 7.03. The summed E-state index contributed by atoms with van der Waals surface area (Å²) in [5, 5.41) is 2.59. The first-order chi connectivity index (χ1) is 9.03. The van der Waals surface area contributed by atoms with Crippen molar-refractivity contribution in [1.82, 2.24) is 0 Å². The van der Waals surface area contributed by atoms with Crippen molar-refractivity contribution < 1.29 is 4.74 Å². The van der Waals surface area contributed by atoms with Crippen molar-refractivity contribution in [2.24, 2.45) is 0 Å². The van der Waals surface area contributed by atoms with E-state index in [0.717, 1.165) is 0 Å². The van der Waals surface area contributed by atoms with Crippen molar-refractivity contribution in [2.75, 3.05) is 0 Å². The van der Waals surface area contributed by atoms with Crippen LogP contribution in [0.2, 0.25) is 19.6 Å². The first-order valence-corrected chi connectivity index (χ1v) is 10.4. The molecule has 3 rings (SSSR count). The van der Waals surface area contributed by atoms with Crippen LogP contribution in [0.15, 0.2) is 54.2 Å². The second kappa shape index (κ2) is 4.62. The summed E-state index contributed by atoms with van der Waals surface area (Å²) in [6, 6.07) is 15.1. The second-order valence-electron chi connectivity index (χ2n) is 6.35. The van der Waals surface area contributed by atoms with E-state index >= 15 is 0 Å². The van der Waals surface area contributed by atoms with Gasteiger partial charge in [0.15, 0.2) is 0 Å². The molecule has 2 atom stereocenters. The molecule has 1 aliphatic rings. The van der Waals surface area contributed by atoms with Crippen LogP contribution in [0.3, 0.4) is 0 Å². The summed E-state index contributed by atoms with van der Waals surface area (Å²) in [7, 11) is -1.11.